The minimum absolute atomic E-state index is 0.269. The van der Waals surface area contributed by atoms with Gasteiger partial charge < -0.3 is 10.1 Å². The number of rotatable bonds is 4. The highest BCUT2D eigenvalue weighted by atomic mass is 19.4. The van der Waals surface area contributed by atoms with Gasteiger partial charge in [0.05, 0.1) is 7.11 Å². The van der Waals surface area contributed by atoms with E-state index in [1.165, 1.54) is 6.07 Å². The minimum atomic E-state index is -4.48. The first kappa shape index (κ1) is 15.1. The van der Waals surface area contributed by atoms with Crippen molar-refractivity contribution >= 4 is 5.82 Å². The summed E-state index contributed by atoms with van der Waals surface area (Å²) in [4.78, 5) is 0. The zero-order valence-corrected chi connectivity index (χ0v) is 11.5. The van der Waals surface area contributed by atoms with Crippen molar-refractivity contribution in [2.75, 3.05) is 12.4 Å². The lowest BCUT2D eigenvalue weighted by molar-refractivity contribution is -0.141. The van der Waals surface area contributed by atoms with E-state index in [1.54, 1.807) is 7.11 Å². The van der Waals surface area contributed by atoms with Crippen LogP contribution in [0.1, 0.15) is 16.8 Å². The summed E-state index contributed by atoms with van der Waals surface area (Å²) < 4.78 is 42.4. The number of aromatic nitrogens is 2. The van der Waals surface area contributed by atoms with Gasteiger partial charge in [-0.1, -0.05) is 12.1 Å². The molecule has 0 unspecified atom stereocenters. The lowest BCUT2D eigenvalue weighted by atomic mass is 10.1. The van der Waals surface area contributed by atoms with Gasteiger partial charge in [-0.15, -0.1) is 10.2 Å². The number of methoxy groups -OCH3 is 1. The fraction of sp³-hybridized carbons (Fsp3) is 0.286. The Kier molecular flexibility index (Phi) is 4.30. The summed E-state index contributed by atoms with van der Waals surface area (Å²) in [6.07, 6.45) is -4.48. The third kappa shape index (κ3) is 3.84. The molecule has 1 aromatic heterocycles. The van der Waals surface area contributed by atoms with E-state index < -0.39 is 11.9 Å². The Hall–Kier alpha value is -2.31. The largest absolute Gasteiger partial charge is 0.496 e. The molecule has 0 fully saturated rings. The van der Waals surface area contributed by atoms with E-state index in [9.17, 15) is 13.2 Å². The smallest absolute Gasteiger partial charge is 0.435 e. The molecule has 0 bridgehead atoms. The predicted molar refractivity (Wildman–Crippen MR) is 72.1 cm³/mol. The molecule has 21 heavy (non-hydrogen) atoms. The summed E-state index contributed by atoms with van der Waals surface area (Å²) >= 11 is 0. The third-order valence-electron chi connectivity index (χ3n) is 2.86. The summed E-state index contributed by atoms with van der Waals surface area (Å²) in [5.74, 6) is 0.980. The van der Waals surface area contributed by atoms with Crippen LogP contribution in [-0.2, 0) is 12.7 Å². The number of ether oxygens (including phenoxy) is 1. The van der Waals surface area contributed by atoms with Crippen molar-refractivity contribution in [3.63, 3.8) is 0 Å². The number of halogens is 3. The number of aryl methyl sites for hydroxylation is 1. The van der Waals surface area contributed by atoms with Crippen molar-refractivity contribution in [1.82, 2.24) is 10.2 Å². The fourth-order valence-electron chi connectivity index (χ4n) is 1.76. The highest BCUT2D eigenvalue weighted by Crippen LogP contribution is 2.27. The lowest BCUT2D eigenvalue weighted by Crippen LogP contribution is -2.10. The Morgan fingerprint density at radius 3 is 2.48 bits per heavy atom. The van der Waals surface area contributed by atoms with E-state index in [0.717, 1.165) is 17.2 Å². The first-order chi connectivity index (χ1) is 9.90. The van der Waals surface area contributed by atoms with Crippen LogP contribution in [0.4, 0.5) is 19.0 Å². The Balaban J connectivity index is 2.07. The van der Waals surface area contributed by atoms with Crippen LogP contribution < -0.4 is 10.1 Å². The van der Waals surface area contributed by atoms with Crippen LogP contribution in [0, 0.1) is 6.92 Å². The molecule has 1 N–H and O–H groups in total. The Morgan fingerprint density at radius 2 is 1.90 bits per heavy atom. The maximum Gasteiger partial charge on any atom is 0.435 e. The molecule has 0 spiro atoms. The second-order valence-corrected chi connectivity index (χ2v) is 4.47. The summed E-state index contributed by atoms with van der Waals surface area (Å²) in [5.41, 5.74) is 0.927. The number of nitrogens with zero attached hydrogens (tertiary/aromatic N) is 2. The molecular weight excluding hydrogens is 283 g/mol. The van der Waals surface area contributed by atoms with E-state index in [1.807, 2.05) is 25.1 Å². The first-order valence-electron chi connectivity index (χ1n) is 6.18. The molecule has 0 aliphatic heterocycles. The van der Waals surface area contributed by atoms with Gasteiger partial charge in [0.15, 0.2) is 5.69 Å². The molecule has 0 atom stereocenters. The number of benzene rings is 1. The highest BCUT2D eigenvalue weighted by Gasteiger charge is 2.32. The molecule has 0 aliphatic carbocycles. The lowest BCUT2D eigenvalue weighted by Gasteiger charge is -2.11. The zero-order valence-electron chi connectivity index (χ0n) is 11.5. The number of nitrogens with one attached hydrogen (secondary N) is 1. The highest BCUT2D eigenvalue weighted by molar-refractivity contribution is 5.41. The Labute approximate surface area is 120 Å². The van der Waals surface area contributed by atoms with Crippen LogP contribution in [-0.4, -0.2) is 17.3 Å². The van der Waals surface area contributed by atoms with Gasteiger partial charge in [0.1, 0.15) is 11.6 Å². The molecule has 1 heterocycles. The summed E-state index contributed by atoms with van der Waals surface area (Å²) in [5, 5.41) is 9.57. The molecule has 0 amide bonds. The van der Waals surface area contributed by atoms with Gasteiger partial charge >= 0.3 is 6.18 Å². The number of anilines is 1. The zero-order chi connectivity index (χ0) is 15.5. The first-order valence-corrected chi connectivity index (χ1v) is 6.18. The molecular formula is C14H14F3N3O. The topological polar surface area (TPSA) is 47.0 Å². The molecule has 0 aliphatic rings. The van der Waals surface area contributed by atoms with Crippen molar-refractivity contribution in [3.8, 4) is 5.75 Å². The van der Waals surface area contributed by atoms with Gasteiger partial charge in [0.2, 0.25) is 0 Å². The molecule has 1 aromatic carbocycles. The Bertz CT molecular complexity index is 612. The van der Waals surface area contributed by atoms with E-state index in [-0.39, 0.29) is 5.82 Å². The molecule has 112 valence electrons. The summed E-state index contributed by atoms with van der Waals surface area (Å²) in [6, 6.07) is 7.84. The normalized spacial score (nSPS) is 11.3. The maximum absolute atomic E-state index is 12.4. The number of hydrogen-bond donors (Lipinski definition) is 1. The Morgan fingerprint density at radius 1 is 1.14 bits per heavy atom. The summed E-state index contributed by atoms with van der Waals surface area (Å²) in [7, 11) is 1.57. The van der Waals surface area contributed by atoms with Gasteiger partial charge in [-0.25, -0.2) is 0 Å². The molecule has 7 heteroatoms. The van der Waals surface area contributed by atoms with E-state index in [0.29, 0.717) is 12.3 Å². The molecule has 4 nitrogen and oxygen atoms in total. The summed E-state index contributed by atoms with van der Waals surface area (Å²) in [6.45, 7) is 2.32. The fourth-order valence-corrected chi connectivity index (χ4v) is 1.76. The number of alkyl halides is 3. The molecule has 0 radical (unpaired) electrons. The van der Waals surface area contributed by atoms with Crippen LogP contribution >= 0.6 is 0 Å². The van der Waals surface area contributed by atoms with Crippen molar-refractivity contribution in [3.05, 3.63) is 47.2 Å². The third-order valence-corrected chi connectivity index (χ3v) is 2.86. The second kappa shape index (κ2) is 5.99. The van der Waals surface area contributed by atoms with Crippen LogP contribution in [0.2, 0.25) is 0 Å². The van der Waals surface area contributed by atoms with E-state index in [4.69, 9.17) is 4.74 Å². The molecule has 2 rings (SSSR count). The monoisotopic (exact) mass is 297 g/mol. The van der Waals surface area contributed by atoms with Crippen LogP contribution in [0.5, 0.6) is 5.75 Å². The average Bonchev–Trinajstić information content (AvgIpc) is 2.45. The van der Waals surface area contributed by atoms with Crippen LogP contribution in [0.25, 0.3) is 0 Å². The van der Waals surface area contributed by atoms with Crippen molar-refractivity contribution < 1.29 is 17.9 Å². The van der Waals surface area contributed by atoms with Gasteiger partial charge in [-0.2, -0.15) is 13.2 Å². The van der Waals surface area contributed by atoms with Crippen LogP contribution in [0.15, 0.2) is 30.3 Å². The van der Waals surface area contributed by atoms with Gasteiger partial charge in [-0.05, 0) is 30.7 Å². The molecule has 0 saturated heterocycles. The minimum Gasteiger partial charge on any atom is -0.496 e. The molecule has 0 saturated carbocycles. The predicted octanol–water partition coefficient (Wildman–Crippen LogP) is 3.42. The van der Waals surface area contributed by atoms with Gasteiger partial charge in [0.25, 0.3) is 0 Å². The van der Waals surface area contributed by atoms with Gasteiger partial charge in [0, 0.05) is 12.1 Å². The number of hydrogen-bond acceptors (Lipinski definition) is 4. The van der Waals surface area contributed by atoms with Gasteiger partial charge in [-0.3, -0.25) is 0 Å². The average molecular weight is 297 g/mol. The maximum atomic E-state index is 12.4. The SMILES string of the molecule is COc1cc(C)ccc1CNc1ccc(C(F)(F)F)nn1. The quantitative estimate of drug-likeness (QED) is 0.939. The molecule has 2 aromatic rings. The van der Waals surface area contributed by atoms with Crippen molar-refractivity contribution in [2.45, 2.75) is 19.6 Å². The van der Waals surface area contributed by atoms with Crippen molar-refractivity contribution in [2.24, 2.45) is 0 Å². The second-order valence-electron chi connectivity index (χ2n) is 4.47. The van der Waals surface area contributed by atoms with E-state index in [2.05, 4.69) is 15.5 Å². The van der Waals surface area contributed by atoms with Crippen LogP contribution in [0.3, 0.4) is 0 Å². The standard InChI is InChI=1S/C14H14F3N3O/c1-9-3-4-10(11(7-9)21-2)8-18-13-6-5-12(19-20-13)14(15,16)17/h3-7H,8H2,1-2H3,(H,18,20). The van der Waals surface area contributed by atoms with Crippen molar-refractivity contribution in [1.29, 1.82) is 0 Å². The van der Waals surface area contributed by atoms with E-state index >= 15 is 0 Å².